The zero-order valence-electron chi connectivity index (χ0n) is 10.7. The van der Waals surface area contributed by atoms with E-state index in [-0.39, 0.29) is 5.54 Å². The maximum Gasteiger partial charge on any atom is 0.0507 e. The SMILES string of the molecule is Cc1ccc2c(C)c(C(C)(C)N)[nH]c2c1C. The molecule has 0 atom stereocenters. The van der Waals surface area contributed by atoms with E-state index in [4.69, 9.17) is 5.73 Å². The fourth-order valence-corrected chi connectivity index (χ4v) is 2.29. The van der Waals surface area contributed by atoms with E-state index >= 15 is 0 Å². The number of hydrogen-bond donors (Lipinski definition) is 2. The van der Waals surface area contributed by atoms with Gasteiger partial charge in [-0.3, -0.25) is 0 Å². The average molecular weight is 216 g/mol. The number of fused-ring (bicyclic) bond motifs is 1. The van der Waals surface area contributed by atoms with Gasteiger partial charge < -0.3 is 10.7 Å². The fraction of sp³-hybridized carbons (Fsp3) is 0.429. The van der Waals surface area contributed by atoms with Crippen LogP contribution in [0.1, 0.15) is 36.2 Å². The molecule has 2 aromatic rings. The summed E-state index contributed by atoms with van der Waals surface area (Å²) in [5.74, 6) is 0. The van der Waals surface area contributed by atoms with Crippen molar-refractivity contribution in [3.05, 3.63) is 34.5 Å². The van der Waals surface area contributed by atoms with Crippen molar-refractivity contribution in [2.24, 2.45) is 5.73 Å². The Labute approximate surface area is 96.9 Å². The molecule has 1 heterocycles. The molecule has 2 rings (SSSR count). The van der Waals surface area contributed by atoms with Crippen LogP contribution in [0.4, 0.5) is 0 Å². The molecule has 2 heteroatoms. The molecule has 3 N–H and O–H groups in total. The summed E-state index contributed by atoms with van der Waals surface area (Å²) >= 11 is 0. The van der Waals surface area contributed by atoms with Gasteiger partial charge in [0, 0.05) is 16.6 Å². The maximum atomic E-state index is 6.18. The highest BCUT2D eigenvalue weighted by molar-refractivity contribution is 5.88. The summed E-state index contributed by atoms with van der Waals surface area (Å²) in [6.45, 7) is 10.5. The zero-order chi connectivity index (χ0) is 12.1. The van der Waals surface area contributed by atoms with Crippen molar-refractivity contribution in [2.45, 2.75) is 40.2 Å². The van der Waals surface area contributed by atoms with Gasteiger partial charge >= 0.3 is 0 Å². The standard InChI is InChI=1S/C14H20N2/c1-8-6-7-11-10(3)13(14(4,5)15)16-12(11)9(8)2/h6-7,16H,15H2,1-5H3. The summed E-state index contributed by atoms with van der Waals surface area (Å²) in [5.41, 5.74) is 12.1. The minimum Gasteiger partial charge on any atom is -0.356 e. The van der Waals surface area contributed by atoms with Crippen LogP contribution in [0.2, 0.25) is 0 Å². The molecular formula is C14H20N2. The van der Waals surface area contributed by atoms with Crippen molar-refractivity contribution in [1.29, 1.82) is 0 Å². The molecule has 2 nitrogen and oxygen atoms in total. The Kier molecular flexibility index (Phi) is 2.35. The number of aromatic nitrogens is 1. The van der Waals surface area contributed by atoms with Crippen LogP contribution in [0.5, 0.6) is 0 Å². The number of nitrogens with two attached hydrogens (primary N) is 1. The summed E-state index contributed by atoms with van der Waals surface area (Å²) in [6, 6.07) is 4.35. The van der Waals surface area contributed by atoms with Crippen LogP contribution < -0.4 is 5.73 Å². The number of nitrogens with one attached hydrogen (secondary N) is 1. The zero-order valence-corrected chi connectivity index (χ0v) is 10.7. The topological polar surface area (TPSA) is 41.8 Å². The Morgan fingerprint density at radius 1 is 1.06 bits per heavy atom. The molecule has 0 amide bonds. The molecule has 0 aliphatic heterocycles. The largest absolute Gasteiger partial charge is 0.356 e. The van der Waals surface area contributed by atoms with Crippen LogP contribution in [0, 0.1) is 20.8 Å². The molecule has 0 fully saturated rings. The number of aromatic amines is 1. The van der Waals surface area contributed by atoms with Gasteiger partial charge in [0.1, 0.15) is 0 Å². The second-order valence-corrected chi connectivity index (χ2v) is 5.28. The number of H-pyrrole nitrogens is 1. The van der Waals surface area contributed by atoms with Gasteiger partial charge in [0.25, 0.3) is 0 Å². The molecule has 0 unspecified atom stereocenters. The first-order chi connectivity index (χ1) is 7.32. The summed E-state index contributed by atoms with van der Waals surface area (Å²) in [6.07, 6.45) is 0. The third-order valence-corrected chi connectivity index (χ3v) is 3.41. The molecule has 0 saturated heterocycles. The summed E-state index contributed by atoms with van der Waals surface area (Å²) in [4.78, 5) is 3.49. The molecule has 1 aromatic heterocycles. The number of rotatable bonds is 1. The van der Waals surface area contributed by atoms with Crippen molar-refractivity contribution >= 4 is 10.9 Å². The highest BCUT2D eigenvalue weighted by Gasteiger charge is 2.21. The lowest BCUT2D eigenvalue weighted by Crippen LogP contribution is -2.29. The molecule has 0 radical (unpaired) electrons. The van der Waals surface area contributed by atoms with Gasteiger partial charge in [0.2, 0.25) is 0 Å². The Morgan fingerprint density at radius 3 is 2.25 bits per heavy atom. The van der Waals surface area contributed by atoms with E-state index in [0.717, 1.165) is 5.69 Å². The van der Waals surface area contributed by atoms with Crippen LogP contribution >= 0.6 is 0 Å². The minimum atomic E-state index is -0.316. The first-order valence-corrected chi connectivity index (χ1v) is 5.70. The van der Waals surface area contributed by atoms with Crippen LogP contribution in [0.3, 0.4) is 0 Å². The third kappa shape index (κ3) is 1.54. The van der Waals surface area contributed by atoms with E-state index in [0.29, 0.717) is 0 Å². The van der Waals surface area contributed by atoms with Gasteiger partial charge in [-0.15, -0.1) is 0 Å². The summed E-state index contributed by atoms with van der Waals surface area (Å²) in [5, 5.41) is 1.29. The molecule has 0 bridgehead atoms. The van der Waals surface area contributed by atoms with Crippen LogP contribution in [0.15, 0.2) is 12.1 Å². The molecule has 1 aromatic carbocycles. The second-order valence-electron chi connectivity index (χ2n) is 5.28. The van der Waals surface area contributed by atoms with Crippen molar-refractivity contribution < 1.29 is 0 Å². The van der Waals surface area contributed by atoms with Gasteiger partial charge in [-0.2, -0.15) is 0 Å². The lowest BCUT2D eigenvalue weighted by molar-refractivity contribution is 0.536. The van der Waals surface area contributed by atoms with E-state index in [1.807, 2.05) is 13.8 Å². The first-order valence-electron chi connectivity index (χ1n) is 5.70. The monoisotopic (exact) mass is 216 g/mol. The molecular weight excluding hydrogens is 196 g/mol. The summed E-state index contributed by atoms with van der Waals surface area (Å²) in [7, 11) is 0. The second kappa shape index (κ2) is 3.36. The highest BCUT2D eigenvalue weighted by Crippen LogP contribution is 2.30. The summed E-state index contributed by atoms with van der Waals surface area (Å²) < 4.78 is 0. The van der Waals surface area contributed by atoms with Gasteiger partial charge in [-0.05, 0) is 51.3 Å². The number of hydrogen-bond acceptors (Lipinski definition) is 1. The Morgan fingerprint density at radius 2 is 1.69 bits per heavy atom. The van der Waals surface area contributed by atoms with Crippen molar-refractivity contribution in [1.82, 2.24) is 4.98 Å². The number of aryl methyl sites for hydroxylation is 3. The van der Waals surface area contributed by atoms with Gasteiger partial charge in [-0.1, -0.05) is 12.1 Å². The molecule has 0 aliphatic carbocycles. The molecule has 16 heavy (non-hydrogen) atoms. The predicted molar refractivity (Wildman–Crippen MR) is 69.7 cm³/mol. The minimum absolute atomic E-state index is 0.316. The van der Waals surface area contributed by atoms with Crippen LogP contribution in [0.25, 0.3) is 10.9 Å². The predicted octanol–water partition coefficient (Wildman–Crippen LogP) is 3.29. The fourth-order valence-electron chi connectivity index (χ4n) is 2.29. The average Bonchev–Trinajstić information content (AvgIpc) is 2.50. The van der Waals surface area contributed by atoms with Gasteiger partial charge in [0.15, 0.2) is 0 Å². The van der Waals surface area contributed by atoms with E-state index in [1.165, 1.54) is 27.6 Å². The van der Waals surface area contributed by atoms with E-state index in [9.17, 15) is 0 Å². The van der Waals surface area contributed by atoms with Crippen molar-refractivity contribution in [3.8, 4) is 0 Å². The van der Waals surface area contributed by atoms with Crippen molar-refractivity contribution in [2.75, 3.05) is 0 Å². The normalized spacial score (nSPS) is 12.4. The molecule has 0 saturated carbocycles. The van der Waals surface area contributed by atoms with E-state index in [2.05, 4.69) is 37.9 Å². The quantitative estimate of drug-likeness (QED) is 0.754. The molecule has 0 aliphatic rings. The van der Waals surface area contributed by atoms with Crippen LogP contribution in [-0.2, 0) is 5.54 Å². The highest BCUT2D eigenvalue weighted by atomic mass is 14.8. The lowest BCUT2D eigenvalue weighted by atomic mass is 9.97. The number of benzene rings is 1. The van der Waals surface area contributed by atoms with E-state index in [1.54, 1.807) is 0 Å². The Balaban J connectivity index is 2.83. The van der Waals surface area contributed by atoms with Gasteiger partial charge in [-0.25, -0.2) is 0 Å². The maximum absolute atomic E-state index is 6.18. The van der Waals surface area contributed by atoms with Gasteiger partial charge in [0.05, 0.1) is 5.54 Å². The molecule has 0 spiro atoms. The van der Waals surface area contributed by atoms with Crippen LogP contribution in [-0.4, -0.2) is 4.98 Å². The Bertz CT molecular complexity index is 542. The third-order valence-electron chi connectivity index (χ3n) is 3.41. The lowest BCUT2D eigenvalue weighted by Gasteiger charge is -2.18. The van der Waals surface area contributed by atoms with Crippen molar-refractivity contribution in [3.63, 3.8) is 0 Å². The Hall–Kier alpha value is -1.28. The first kappa shape index (κ1) is 11.2. The smallest absolute Gasteiger partial charge is 0.0507 e. The molecule has 86 valence electrons. The van der Waals surface area contributed by atoms with E-state index < -0.39 is 0 Å².